The van der Waals surface area contributed by atoms with Gasteiger partial charge in [0, 0.05) is 33.6 Å². The van der Waals surface area contributed by atoms with Gasteiger partial charge < -0.3 is 9.80 Å². The lowest BCUT2D eigenvalue weighted by Gasteiger charge is -2.42. The van der Waals surface area contributed by atoms with Crippen LogP contribution in [0.2, 0.25) is 0 Å². The van der Waals surface area contributed by atoms with E-state index in [1.807, 2.05) is 6.08 Å². The number of fused-ring (bicyclic) bond motifs is 5. The predicted octanol–water partition coefficient (Wildman–Crippen LogP) is 14.7. The summed E-state index contributed by atoms with van der Waals surface area (Å²) in [5.41, 5.74) is 19.5. The van der Waals surface area contributed by atoms with Crippen molar-refractivity contribution in [1.29, 1.82) is 0 Å². The first-order valence-electron chi connectivity index (χ1n) is 19.3. The summed E-state index contributed by atoms with van der Waals surface area (Å²) in [7, 11) is 0. The van der Waals surface area contributed by atoms with Gasteiger partial charge in [0.1, 0.15) is 0 Å². The van der Waals surface area contributed by atoms with Crippen molar-refractivity contribution in [2.75, 3.05) is 9.80 Å². The second-order valence-corrected chi connectivity index (χ2v) is 16.0. The van der Waals surface area contributed by atoms with Crippen molar-refractivity contribution in [2.45, 2.75) is 45.4 Å². The molecule has 1 heterocycles. The van der Waals surface area contributed by atoms with Crippen LogP contribution in [0.1, 0.15) is 72.2 Å². The zero-order chi connectivity index (χ0) is 37.9. The number of rotatable bonds is 7. The molecule has 7 aromatic carbocycles. The smallest absolute Gasteiger partial charge is 0.0503 e. The van der Waals surface area contributed by atoms with Crippen molar-refractivity contribution < 1.29 is 0 Å². The minimum atomic E-state index is -0.170. The fourth-order valence-electron chi connectivity index (χ4n) is 8.87. The molecule has 9 rings (SSSR count). The van der Waals surface area contributed by atoms with Crippen LogP contribution in [0.25, 0.3) is 29.4 Å². The molecule has 0 N–H and O–H groups in total. The van der Waals surface area contributed by atoms with Gasteiger partial charge in [-0.1, -0.05) is 143 Å². The Balaban J connectivity index is 1.06. The van der Waals surface area contributed by atoms with Crippen LogP contribution in [-0.2, 0) is 10.8 Å². The highest BCUT2D eigenvalue weighted by atomic mass is 15.2. The maximum atomic E-state index is 4.09. The minimum absolute atomic E-state index is 0.155. The second-order valence-electron chi connectivity index (χ2n) is 16.0. The molecule has 0 unspecified atom stereocenters. The molecule has 0 spiro atoms. The van der Waals surface area contributed by atoms with Gasteiger partial charge in [0.25, 0.3) is 0 Å². The number of nitrogens with zero attached hydrogens (tertiary/aromatic N) is 2. The lowest BCUT2D eigenvalue weighted by Crippen LogP contribution is -2.30. The standard InChI is InChI=1S/C53H46N2/c1-7-39-34-42(27-22-36(39)2)55-50-21-15-14-20-46(50)52(3,4)49-33-38(26-31-51(49)55)24-23-37-25-29-44-45-30-28-43(35-48(45)53(5,6)47(44)32-37)54(40-16-10-8-11-17-40)41-18-12-9-13-19-41/h7-35H,1H2,2-6H3/b24-23+. The highest BCUT2D eigenvalue weighted by molar-refractivity contribution is 5.89. The molecule has 2 heteroatoms. The molecule has 0 aromatic heterocycles. The van der Waals surface area contributed by atoms with E-state index in [4.69, 9.17) is 0 Å². The predicted molar refractivity (Wildman–Crippen MR) is 236 cm³/mol. The van der Waals surface area contributed by atoms with Gasteiger partial charge in [-0.3, -0.25) is 0 Å². The fourth-order valence-corrected chi connectivity index (χ4v) is 8.87. The molecule has 0 fully saturated rings. The number of anilines is 6. The van der Waals surface area contributed by atoms with E-state index in [0.29, 0.717) is 0 Å². The van der Waals surface area contributed by atoms with Crippen LogP contribution in [0.5, 0.6) is 0 Å². The van der Waals surface area contributed by atoms with Gasteiger partial charge in [-0.2, -0.15) is 0 Å². The molecule has 0 atom stereocenters. The lowest BCUT2D eigenvalue weighted by atomic mass is 9.73. The number of para-hydroxylation sites is 3. The average Bonchev–Trinajstić information content (AvgIpc) is 3.43. The molecule has 1 aliphatic carbocycles. The summed E-state index contributed by atoms with van der Waals surface area (Å²) in [6.07, 6.45) is 6.50. The Morgan fingerprint density at radius 1 is 0.491 bits per heavy atom. The maximum Gasteiger partial charge on any atom is 0.0503 e. The molecule has 0 saturated heterocycles. The lowest BCUT2D eigenvalue weighted by molar-refractivity contribution is 0.631. The van der Waals surface area contributed by atoms with Crippen LogP contribution >= 0.6 is 0 Å². The van der Waals surface area contributed by atoms with Crippen LogP contribution in [0.15, 0.2) is 164 Å². The van der Waals surface area contributed by atoms with E-state index in [1.54, 1.807) is 0 Å². The van der Waals surface area contributed by atoms with Crippen molar-refractivity contribution >= 4 is 52.4 Å². The Kier molecular flexibility index (Phi) is 8.24. The zero-order valence-electron chi connectivity index (χ0n) is 32.3. The van der Waals surface area contributed by atoms with Gasteiger partial charge in [-0.25, -0.2) is 0 Å². The Labute approximate surface area is 326 Å². The van der Waals surface area contributed by atoms with Crippen molar-refractivity contribution in [2.24, 2.45) is 0 Å². The summed E-state index contributed by atoms with van der Waals surface area (Å²) < 4.78 is 0. The molecular formula is C53H46N2. The maximum absolute atomic E-state index is 4.09. The summed E-state index contributed by atoms with van der Waals surface area (Å²) in [4.78, 5) is 4.77. The summed E-state index contributed by atoms with van der Waals surface area (Å²) in [6, 6.07) is 57.7. The topological polar surface area (TPSA) is 6.48 Å². The van der Waals surface area contributed by atoms with Gasteiger partial charge in [-0.15, -0.1) is 0 Å². The molecule has 0 saturated carbocycles. The third kappa shape index (κ3) is 5.72. The third-order valence-corrected chi connectivity index (χ3v) is 11.9. The van der Waals surface area contributed by atoms with E-state index in [1.165, 1.54) is 61.4 Å². The minimum Gasteiger partial charge on any atom is -0.310 e. The van der Waals surface area contributed by atoms with E-state index in [2.05, 4.69) is 221 Å². The highest BCUT2D eigenvalue weighted by Crippen LogP contribution is 2.53. The van der Waals surface area contributed by atoms with Gasteiger partial charge in [0.2, 0.25) is 0 Å². The molecule has 2 aliphatic rings. The SMILES string of the molecule is C=Cc1cc(N2c3ccccc3C(C)(C)c3cc(/C=C/c4ccc5c(c4)C(C)(C)c4cc(N(c6ccccc6)c6ccccc6)ccc4-5)ccc32)ccc1C. The van der Waals surface area contributed by atoms with Gasteiger partial charge >= 0.3 is 0 Å². The highest BCUT2D eigenvalue weighted by Gasteiger charge is 2.38. The van der Waals surface area contributed by atoms with Crippen LogP contribution in [0, 0.1) is 6.92 Å². The molecule has 55 heavy (non-hydrogen) atoms. The molecular weight excluding hydrogens is 665 g/mol. The summed E-state index contributed by atoms with van der Waals surface area (Å²) in [5.74, 6) is 0. The van der Waals surface area contributed by atoms with Gasteiger partial charge in [0.05, 0.1) is 11.4 Å². The fraction of sp³-hybridized carbons (Fsp3) is 0.132. The van der Waals surface area contributed by atoms with Crippen molar-refractivity contribution in [3.63, 3.8) is 0 Å². The Bertz CT molecular complexity index is 2590. The van der Waals surface area contributed by atoms with Crippen LogP contribution in [0.3, 0.4) is 0 Å². The third-order valence-electron chi connectivity index (χ3n) is 11.9. The summed E-state index contributed by atoms with van der Waals surface area (Å²) in [5, 5.41) is 0. The molecule has 1 aliphatic heterocycles. The zero-order valence-corrected chi connectivity index (χ0v) is 32.3. The first kappa shape index (κ1) is 34.4. The first-order chi connectivity index (χ1) is 26.6. The number of hydrogen-bond donors (Lipinski definition) is 0. The number of aryl methyl sites for hydroxylation is 1. The van der Waals surface area contributed by atoms with Crippen LogP contribution in [0.4, 0.5) is 34.1 Å². The molecule has 0 bridgehead atoms. The van der Waals surface area contributed by atoms with E-state index in [-0.39, 0.29) is 10.8 Å². The summed E-state index contributed by atoms with van der Waals surface area (Å²) >= 11 is 0. The van der Waals surface area contributed by atoms with E-state index in [0.717, 1.165) is 28.3 Å². The van der Waals surface area contributed by atoms with Crippen molar-refractivity contribution in [3.05, 3.63) is 209 Å². The molecule has 2 nitrogen and oxygen atoms in total. The van der Waals surface area contributed by atoms with E-state index >= 15 is 0 Å². The molecule has 268 valence electrons. The number of hydrogen-bond acceptors (Lipinski definition) is 2. The van der Waals surface area contributed by atoms with Crippen LogP contribution in [-0.4, -0.2) is 0 Å². The molecule has 7 aromatic rings. The largest absolute Gasteiger partial charge is 0.310 e. The Morgan fingerprint density at radius 2 is 1.04 bits per heavy atom. The van der Waals surface area contributed by atoms with Crippen molar-refractivity contribution in [3.8, 4) is 11.1 Å². The van der Waals surface area contributed by atoms with E-state index < -0.39 is 0 Å². The molecule has 0 amide bonds. The van der Waals surface area contributed by atoms with Gasteiger partial charge in [0.15, 0.2) is 0 Å². The quantitative estimate of drug-likeness (QED) is 0.152. The Hall–Kier alpha value is -6.38. The Morgan fingerprint density at radius 3 is 1.71 bits per heavy atom. The van der Waals surface area contributed by atoms with Crippen LogP contribution < -0.4 is 9.80 Å². The normalized spacial score (nSPS) is 14.5. The van der Waals surface area contributed by atoms with Gasteiger partial charge in [-0.05, 0) is 129 Å². The molecule has 0 radical (unpaired) electrons. The number of benzene rings is 7. The first-order valence-corrected chi connectivity index (χ1v) is 19.3. The second kappa shape index (κ2) is 13.2. The summed E-state index contributed by atoms with van der Waals surface area (Å²) in [6.45, 7) is 15.7. The monoisotopic (exact) mass is 710 g/mol. The average molecular weight is 711 g/mol. The van der Waals surface area contributed by atoms with Crippen molar-refractivity contribution in [1.82, 2.24) is 0 Å². The van der Waals surface area contributed by atoms with E-state index in [9.17, 15) is 0 Å².